The van der Waals surface area contributed by atoms with E-state index in [1.807, 2.05) is 0 Å². The standard InChI is InChI=1S/C14H16O/c1-14(2,3)12-7-8-13-11(10-12)6-4-5-9-15-13/h7-8,10H,6,9H2,1-3H3. The second-order valence-corrected chi connectivity index (χ2v) is 4.89. The Morgan fingerprint density at radius 3 is 2.73 bits per heavy atom. The van der Waals surface area contributed by atoms with Gasteiger partial charge in [-0.1, -0.05) is 44.7 Å². The van der Waals surface area contributed by atoms with Crippen LogP contribution in [0.4, 0.5) is 0 Å². The highest BCUT2D eigenvalue weighted by atomic mass is 16.5. The Morgan fingerprint density at radius 2 is 2.00 bits per heavy atom. The first-order chi connectivity index (χ1) is 7.07. The van der Waals surface area contributed by atoms with Gasteiger partial charge in [-0.3, -0.25) is 0 Å². The summed E-state index contributed by atoms with van der Waals surface area (Å²) in [6, 6.07) is 6.42. The van der Waals surface area contributed by atoms with Gasteiger partial charge in [0.05, 0.1) is 0 Å². The van der Waals surface area contributed by atoms with Crippen LogP contribution in [0.1, 0.15) is 31.9 Å². The van der Waals surface area contributed by atoms with Gasteiger partial charge < -0.3 is 4.74 Å². The SMILES string of the molecule is CC(C)(C)c1ccc2c(c1)CC#CCO2. The van der Waals surface area contributed by atoms with Crippen LogP contribution in [0.3, 0.4) is 0 Å². The maximum atomic E-state index is 5.54. The normalized spacial score (nSPS) is 14.3. The van der Waals surface area contributed by atoms with E-state index in [0.29, 0.717) is 6.61 Å². The van der Waals surface area contributed by atoms with Gasteiger partial charge in [0, 0.05) is 12.0 Å². The smallest absolute Gasteiger partial charge is 0.149 e. The van der Waals surface area contributed by atoms with E-state index in [-0.39, 0.29) is 5.41 Å². The monoisotopic (exact) mass is 200 g/mol. The molecule has 1 aliphatic rings. The molecule has 2 rings (SSSR count). The summed E-state index contributed by atoms with van der Waals surface area (Å²) in [7, 11) is 0. The van der Waals surface area contributed by atoms with Crippen molar-refractivity contribution in [3.63, 3.8) is 0 Å². The first-order valence-electron chi connectivity index (χ1n) is 5.29. The lowest BCUT2D eigenvalue weighted by atomic mass is 9.86. The maximum Gasteiger partial charge on any atom is 0.149 e. The van der Waals surface area contributed by atoms with E-state index >= 15 is 0 Å². The number of fused-ring (bicyclic) bond motifs is 1. The van der Waals surface area contributed by atoms with E-state index in [2.05, 4.69) is 50.8 Å². The molecule has 0 aliphatic carbocycles. The lowest BCUT2D eigenvalue weighted by Crippen LogP contribution is -2.11. The minimum Gasteiger partial charge on any atom is -0.481 e. The minimum atomic E-state index is 0.189. The molecule has 0 spiro atoms. The molecule has 1 heterocycles. The fraction of sp³-hybridized carbons (Fsp3) is 0.429. The van der Waals surface area contributed by atoms with E-state index < -0.39 is 0 Å². The van der Waals surface area contributed by atoms with Crippen LogP contribution in [0.2, 0.25) is 0 Å². The molecule has 1 aromatic carbocycles. The van der Waals surface area contributed by atoms with Gasteiger partial charge >= 0.3 is 0 Å². The summed E-state index contributed by atoms with van der Waals surface area (Å²) in [6.07, 6.45) is 0.805. The molecule has 0 fully saturated rings. The van der Waals surface area contributed by atoms with Crippen molar-refractivity contribution in [1.29, 1.82) is 0 Å². The number of ether oxygens (including phenoxy) is 1. The zero-order valence-corrected chi connectivity index (χ0v) is 9.55. The highest BCUT2D eigenvalue weighted by molar-refractivity contribution is 5.42. The molecule has 78 valence electrons. The number of hydrogen-bond donors (Lipinski definition) is 0. The second kappa shape index (κ2) is 3.62. The third-order valence-electron chi connectivity index (χ3n) is 2.63. The van der Waals surface area contributed by atoms with Crippen LogP contribution in [0.5, 0.6) is 5.75 Å². The molecule has 0 amide bonds. The summed E-state index contributed by atoms with van der Waals surface area (Å²) in [4.78, 5) is 0. The average Bonchev–Trinajstić information content (AvgIpc) is 2.39. The molecule has 0 aromatic heterocycles. The predicted molar refractivity (Wildman–Crippen MR) is 62.1 cm³/mol. The van der Waals surface area contributed by atoms with E-state index in [4.69, 9.17) is 4.74 Å². The molecule has 0 saturated carbocycles. The molecule has 1 nitrogen and oxygen atoms in total. The third-order valence-corrected chi connectivity index (χ3v) is 2.63. The van der Waals surface area contributed by atoms with Crippen molar-refractivity contribution in [2.75, 3.05) is 6.61 Å². The summed E-state index contributed by atoms with van der Waals surface area (Å²) in [6.45, 7) is 7.18. The van der Waals surface area contributed by atoms with Crippen molar-refractivity contribution < 1.29 is 4.74 Å². The van der Waals surface area contributed by atoms with Crippen molar-refractivity contribution in [2.24, 2.45) is 0 Å². The van der Waals surface area contributed by atoms with Crippen molar-refractivity contribution in [2.45, 2.75) is 32.6 Å². The molecule has 0 unspecified atom stereocenters. The highest BCUT2D eigenvalue weighted by Crippen LogP contribution is 2.28. The molecule has 0 bridgehead atoms. The van der Waals surface area contributed by atoms with Gasteiger partial charge in [-0.25, -0.2) is 0 Å². The van der Waals surface area contributed by atoms with E-state index in [0.717, 1.165) is 12.2 Å². The first-order valence-corrected chi connectivity index (χ1v) is 5.29. The molecule has 1 aliphatic heterocycles. The van der Waals surface area contributed by atoms with E-state index in [9.17, 15) is 0 Å². The number of rotatable bonds is 0. The van der Waals surface area contributed by atoms with Gasteiger partial charge in [0.1, 0.15) is 12.4 Å². The fourth-order valence-corrected chi connectivity index (χ4v) is 1.65. The summed E-state index contributed by atoms with van der Waals surface area (Å²) < 4.78 is 5.54. The molecule has 1 aromatic rings. The minimum absolute atomic E-state index is 0.189. The van der Waals surface area contributed by atoms with Crippen LogP contribution in [0, 0.1) is 11.8 Å². The van der Waals surface area contributed by atoms with Crippen LogP contribution in [-0.2, 0) is 11.8 Å². The largest absolute Gasteiger partial charge is 0.481 e. The summed E-state index contributed by atoms with van der Waals surface area (Å²) >= 11 is 0. The van der Waals surface area contributed by atoms with Gasteiger partial charge in [0.15, 0.2) is 0 Å². The molecular formula is C14H16O. The summed E-state index contributed by atoms with van der Waals surface area (Å²) in [5.74, 6) is 7.06. The summed E-state index contributed by atoms with van der Waals surface area (Å²) in [5.41, 5.74) is 2.75. The van der Waals surface area contributed by atoms with Crippen LogP contribution < -0.4 is 4.74 Å². The van der Waals surface area contributed by atoms with Gasteiger partial charge in [0.25, 0.3) is 0 Å². The zero-order valence-electron chi connectivity index (χ0n) is 9.55. The summed E-state index contributed by atoms with van der Waals surface area (Å²) in [5, 5.41) is 0. The predicted octanol–water partition coefficient (Wildman–Crippen LogP) is 2.92. The van der Waals surface area contributed by atoms with Crippen molar-refractivity contribution in [3.8, 4) is 17.6 Å². The first kappa shape index (κ1) is 10.1. The lowest BCUT2D eigenvalue weighted by molar-refractivity contribution is 0.368. The quantitative estimate of drug-likeness (QED) is 0.585. The molecule has 15 heavy (non-hydrogen) atoms. The van der Waals surface area contributed by atoms with Crippen LogP contribution in [0.15, 0.2) is 18.2 Å². The number of hydrogen-bond acceptors (Lipinski definition) is 1. The Bertz CT molecular complexity index is 427. The van der Waals surface area contributed by atoms with E-state index in [1.165, 1.54) is 11.1 Å². The van der Waals surface area contributed by atoms with Gasteiger partial charge in [0.2, 0.25) is 0 Å². The maximum absolute atomic E-state index is 5.54. The Kier molecular flexibility index (Phi) is 2.44. The van der Waals surface area contributed by atoms with Crippen LogP contribution >= 0.6 is 0 Å². The van der Waals surface area contributed by atoms with Crippen molar-refractivity contribution >= 4 is 0 Å². The topological polar surface area (TPSA) is 9.23 Å². The molecule has 0 saturated heterocycles. The van der Waals surface area contributed by atoms with Crippen molar-refractivity contribution in [1.82, 2.24) is 0 Å². The number of benzene rings is 1. The lowest BCUT2D eigenvalue weighted by Gasteiger charge is -2.20. The van der Waals surface area contributed by atoms with Gasteiger partial charge in [-0.05, 0) is 17.0 Å². The van der Waals surface area contributed by atoms with Crippen LogP contribution in [-0.4, -0.2) is 6.61 Å². The van der Waals surface area contributed by atoms with E-state index in [1.54, 1.807) is 0 Å². The molecule has 0 N–H and O–H groups in total. The van der Waals surface area contributed by atoms with Crippen LogP contribution in [0.25, 0.3) is 0 Å². The molecular weight excluding hydrogens is 184 g/mol. The fourth-order valence-electron chi connectivity index (χ4n) is 1.65. The zero-order chi connectivity index (χ0) is 10.9. The molecule has 0 radical (unpaired) electrons. The Morgan fingerprint density at radius 1 is 1.20 bits per heavy atom. The van der Waals surface area contributed by atoms with Gasteiger partial charge in [-0.2, -0.15) is 0 Å². The van der Waals surface area contributed by atoms with Crippen molar-refractivity contribution in [3.05, 3.63) is 29.3 Å². The Labute approximate surface area is 91.5 Å². The Balaban J connectivity index is 2.41. The molecule has 1 heteroatoms. The second-order valence-electron chi connectivity index (χ2n) is 4.89. The Hall–Kier alpha value is -1.42. The average molecular weight is 200 g/mol. The van der Waals surface area contributed by atoms with Gasteiger partial charge in [-0.15, -0.1) is 0 Å². The molecule has 0 atom stereocenters. The third kappa shape index (κ3) is 2.15. The highest BCUT2D eigenvalue weighted by Gasteiger charge is 2.16.